The van der Waals surface area contributed by atoms with Gasteiger partial charge in [-0.2, -0.15) is 11.8 Å². The van der Waals surface area contributed by atoms with Crippen LogP contribution in [0.25, 0.3) is 0 Å². The highest BCUT2D eigenvalue weighted by molar-refractivity contribution is 7.99. The van der Waals surface area contributed by atoms with Gasteiger partial charge in [0.05, 0.1) is 11.5 Å². The summed E-state index contributed by atoms with van der Waals surface area (Å²) in [7, 11) is -3.19. The second kappa shape index (κ2) is 7.64. The molecule has 8 nitrogen and oxygen atoms in total. The average molecular weight is 438 g/mol. The molecule has 1 spiro atoms. The van der Waals surface area contributed by atoms with Gasteiger partial charge in [-0.15, -0.1) is 0 Å². The second-order valence-corrected chi connectivity index (χ2v) is 11.1. The SMILES string of the molecule is O=C1N[C@]2(CCSC2)C(=O)N1CC(=O)N(Cc1ccccc1)[C@H]1CCS(=O)(=O)C1. The Hall–Kier alpha value is -2.07. The molecule has 3 saturated heterocycles. The molecule has 0 radical (unpaired) electrons. The average Bonchev–Trinajstić information content (AvgIpc) is 3.36. The van der Waals surface area contributed by atoms with Crippen molar-refractivity contribution in [3.8, 4) is 0 Å². The lowest BCUT2D eigenvalue weighted by Crippen LogP contribution is -2.49. The van der Waals surface area contributed by atoms with Crippen LogP contribution in [0.4, 0.5) is 4.79 Å². The monoisotopic (exact) mass is 437 g/mol. The number of amides is 4. The van der Waals surface area contributed by atoms with E-state index in [0.29, 0.717) is 18.6 Å². The summed E-state index contributed by atoms with van der Waals surface area (Å²) in [6.45, 7) is -0.134. The van der Waals surface area contributed by atoms with Crippen molar-refractivity contribution in [3.63, 3.8) is 0 Å². The molecule has 4 rings (SSSR count). The first kappa shape index (κ1) is 20.2. The van der Waals surface area contributed by atoms with Crippen LogP contribution in [0.5, 0.6) is 0 Å². The molecular formula is C19H23N3O5S2. The van der Waals surface area contributed by atoms with Crippen LogP contribution in [0.2, 0.25) is 0 Å². The number of carbonyl (C=O) groups excluding carboxylic acids is 3. The summed E-state index contributed by atoms with van der Waals surface area (Å²) in [6, 6.07) is 8.28. The van der Waals surface area contributed by atoms with E-state index >= 15 is 0 Å². The maximum Gasteiger partial charge on any atom is 0.325 e. The molecule has 3 fully saturated rings. The minimum absolute atomic E-state index is 0.0414. The van der Waals surface area contributed by atoms with Gasteiger partial charge in [-0.3, -0.25) is 14.5 Å². The Bertz CT molecular complexity index is 928. The number of carbonyl (C=O) groups is 3. The summed E-state index contributed by atoms with van der Waals surface area (Å²) >= 11 is 1.60. The first-order chi connectivity index (χ1) is 13.8. The largest absolute Gasteiger partial charge is 0.333 e. The molecule has 10 heteroatoms. The van der Waals surface area contributed by atoms with Crippen molar-refractivity contribution in [3.05, 3.63) is 35.9 Å². The highest BCUT2D eigenvalue weighted by Gasteiger charge is 2.53. The molecule has 3 aliphatic heterocycles. The predicted molar refractivity (Wildman–Crippen MR) is 109 cm³/mol. The first-order valence-corrected chi connectivity index (χ1v) is 12.5. The maximum absolute atomic E-state index is 13.1. The highest BCUT2D eigenvalue weighted by atomic mass is 32.2. The fourth-order valence-corrected chi connectivity index (χ4v) is 7.16. The van der Waals surface area contributed by atoms with Gasteiger partial charge >= 0.3 is 6.03 Å². The van der Waals surface area contributed by atoms with Gasteiger partial charge in [0.1, 0.15) is 12.1 Å². The van der Waals surface area contributed by atoms with Crippen LogP contribution in [0.15, 0.2) is 30.3 Å². The fraction of sp³-hybridized carbons (Fsp3) is 0.526. The third-order valence-electron chi connectivity index (χ3n) is 5.73. The van der Waals surface area contributed by atoms with Crippen LogP contribution < -0.4 is 5.32 Å². The molecule has 2 atom stereocenters. The molecule has 1 aromatic rings. The number of nitrogens with one attached hydrogen (secondary N) is 1. The van der Waals surface area contributed by atoms with E-state index in [1.54, 1.807) is 11.8 Å². The van der Waals surface area contributed by atoms with Crippen LogP contribution in [-0.2, 0) is 26.0 Å². The van der Waals surface area contributed by atoms with E-state index in [-0.39, 0.29) is 30.5 Å². The first-order valence-electron chi connectivity index (χ1n) is 9.55. The van der Waals surface area contributed by atoms with Crippen LogP contribution in [-0.4, -0.2) is 77.2 Å². The number of thioether (sulfide) groups is 1. The molecular weight excluding hydrogens is 414 g/mol. The van der Waals surface area contributed by atoms with Crippen molar-refractivity contribution in [2.24, 2.45) is 0 Å². The van der Waals surface area contributed by atoms with Gasteiger partial charge in [0.25, 0.3) is 5.91 Å². The van der Waals surface area contributed by atoms with E-state index in [1.165, 1.54) is 4.90 Å². The smallest absolute Gasteiger partial charge is 0.325 e. The molecule has 0 saturated carbocycles. The Kier molecular flexibility index (Phi) is 5.32. The van der Waals surface area contributed by atoms with E-state index in [4.69, 9.17) is 0 Å². The van der Waals surface area contributed by atoms with Gasteiger partial charge in [-0.1, -0.05) is 30.3 Å². The number of nitrogens with zero attached hydrogens (tertiary/aromatic N) is 2. The summed E-state index contributed by atoms with van der Waals surface area (Å²) in [5.74, 6) is 0.471. The molecule has 0 bridgehead atoms. The number of rotatable bonds is 5. The number of benzene rings is 1. The van der Waals surface area contributed by atoms with Crippen LogP contribution in [0.1, 0.15) is 18.4 Å². The fourth-order valence-electron chi connectivity index (χ4n) is 4.10. The lowest BCUT2D eigenvalue weighted by Gasteiger charge is -2.30. The molecule has 1 aromatic carbocycles. The Morgan fingerprint density at radius 1 is 1.28 bits per heavy atom. The molecule has 3 aliphatic rings. The quantitative estimate of drug-likeness (QED) is 0.678. The molecule has 156 valence electrons. The lowest BCUT2D eigenvalue weighted by molar-refractivity contribution is -0.140. The Labute approximate surface area is 173 Å². The van der Waals surface area contributed by atoms with Gasteiger partial charge in [0.15, 0.2) is 9.84 Å². The summed E-state index contributed by atoms with van der Waals surface area (Å²) in [5, 5.41) is 2.76. The van der Waals surface area contributed by atoms with E-state index < -0.39 is 33.4 Å². The Balaban J connectivity index is 1.53. The Morgan fingerprint density at radius 2 is 2.03 bits per heavy atom. The zero-order valence-electron chi connectivity index (χ0n) is 15.9. The summed E-state index contributed by atoms with van der Waals surface area (Å²) in [6.07, 6.45) is 0.920. The normalized spacial score (nSPS) is 28.1. The van der Waals surface area contributed by atoms with E-state index in [9.17, 15) is 22.8 Å². The van der Waals surface area contributed by atoms with Gasteiger partial charge < -0.3 is 10.2 Å². The minimum atomic E-state index is -3.19. The van der Waals surface area contributed by atoms with Crippen molar-refractivity contribution in [2.75, 3.05) is 29.6 Å². The van der Waals surface area contributed by atoms with Gasteiger partial charge in [0.2, 0.25) is 5.91 Å². The Morgan fingerprint density at radius 3 is 2.66 bits per heavy atom. The molecule has 0 aliphatic carbocycles. The lowest BCUT2D eigenvalue weighted by atomic mass is 9.99. The maximum atomic E-state index is 13.1. The van der Waals surface area contributed by atoms with Crippen molar-refractivity contribution >= 4 is 39.4 Å². The van der Waals surface area contributed by atoms with Crippen LogP contribution >= 0.6 is 11.8 Å². The van der Waals surface area contributed by atoms with Crippen molar-refractivity contribution in [1.29, 1.82) is 0 Å². The number of urea groups is 1. The van der Waals surface area contributed by atoms with Crippen LogP contribution in [0, 0.1) is 0 Å². The van der Waals surface area contributed by atoms with Crippen LogP contribution in [0.3, 0.4) is 0 Å². The van der Waals surface area contributed by atoms with Crippen molar-refractivity contribution in [1.82, 2.24) is 15.1 Å². The minimum Gasteiger partial charge on any atom is -0.333 e. The third kappa shape index (κ3) is 4.00. The molecule has 3 heterocycles. The molecule has 1 N–H and O–H groups in total. The summed E-state index contributed by atoms with van der Waals surface area (Å²) in [4.78, 5) is 40.9. The van der Waals surface area contributed by atoms with E-state index in [0.717, 1.165) is 16.2 Å². The number of sulfone groups is 1. The standard InChI is InChI=1S/C19H23N3O5S2/c23-16(11-22-17(24)19(20-18(22)25)7-8-28-13-19)21(10-14-4-2-1-3-5-14)15-6-9-29(26,27)12-15/h1-5,15H,6-13H2,(H,20,25)/t15-,19-/m0/s1. The summed E-state index contributed by atoms with van der Waals surface area (Å²) < 4.78 is 23.9. The number of hydrogen-bond acceptors (Lipinski definition) is 6. The topological polar surface area (TPSA) is 104 Å². The molecule has 4 amide bonds. The molecule has 0 unspecified atom stereocenters. The van der Waals surface area contributed by atoms with Gasteiger partial charge in [-0.05, 0) is 24.2 Å². The second-order valence-electron chi connectivity index (χ2n) is 7.77. The van der Waals surface area contributed by atoms with Gasteiger partial charge in [0, 0.05) is 18.3 Å². The molecule has 29 heavy (non-hydrogen) atoms. The van der Waals surface area contributed by atoms with E-state index in [2.05, 4.69) is 5.32 Å². The van der Waals surface area contributed by atoms with Gasteiger partial charge in [-0.25, -0.2) is 13.2 Å². The van der Waals surface area contributed by atoms with E-state index in [1.807, 2.05) is 30.3 Å². The van der Waals surface area contributed by atoms with Crippen molar-refractivity contribution < 1.29 is 22.8 Å². The zero-order valence-corrected chi connectivity index (χ0v) is 17.5. The highest BCUT2D eigenvalue weighted by Crippen LogP contribution is 2.33. The predicted octanol–water partition coefficient (Wildman–Crippen LogP) is 0.630. The molecule has 0 aromatic heterocycles. The van der Waals surface area contributed by atoms with Crippen molar-refractivity contribution in [2.45, 2.75) is 31.0 Å². The summed E-state index contributed by atoms with van der Waals surface area (Å²) in [5.41, 5.74) is -0.0331. The third-order valence-corrected chi connectivity index (χ3v) is 8.67. The number of imide groups is 1. The zero-order chi connectivity index (χ0) is 20.6. The number of hydrogen-bond donors (Lipinski definition) is 1.